The van der Waals surface area contributed by atoms with Crippen molar-refractivity contribution in [3.63, 3.8) is 0 Å². The van der Waals surface area contributed by atoms with E-state index in [0.717, 1.165) is 12.0 Å². The van der Waals surface area contributed by atoms with Crippen LogP contribution in [0.25, 0.3) is 0 Å². The van der Waals surface area contributed by atoms with Crippen molar-refractivity contribution < 1.29 is 18.9 Å². The van der Waals surface area contributed by atoms with Crippen molar-refractivity contribution in [3.8, 4) is 5.75 Å². The molecule has 0 spiro atoms. The van der Waals surface area contributed by atoms with E-state index in [4.69, 9.17) is 0 Å². The van der Waals surface area contributed by atoms with Crippen molar-refractivity contribution in [2.75, 3.05) is 0 Å². The van der Waals surface area contributed by atoms with Gasteiger partial charge in [-0.15, -0.1) is 0 Å². The lowest BCUT2D eigenvalue weighted by molar-refractivity contribution is -0.333. The molecule has 0 aliphatic rings. The first-order chi connectivity index (χ1) is 6.01. The molecule has 0 atom stereocenters. The van der Waals surface area contributed by atoms with E-state index in [1.165, 1.54) is 12.1 Å². The molecule has 0 saturated carbocycles. The molecule has 0 amide bonds. The maximum Gasteiger partial charge on any atom is 0.124 e. The molecule has 0 bridgehead atoms. The third kappa shape index (κ3) is 3.59. The van der Waals surface area contributed by atoms with Crippen LogP contribution in [0.3, 0.4) is 0 Å². The smallest absolute Gasteiger partial charge is 0.124 e. The lowest BCUT2D eigenvalue weighted by Gasteiger charge is -2.28. The van der Waals surface area contributed by atoms with Gasteiger partial charge in [-0.25, -0.2) is 0 Å². The van der Waals surface area contributed by atoms with Crippen LogP contribution < -0.4 is 14.3 Å². The fraction of sp³-hybridized carbons (Fsp3) is 0.250. The van der Waals surface area contributed by atoms with Crippen LogP contribution in [-0.2, 0) is 11.0 Å². The Labute approximate surface area is 76.4 Å². The second-order valence-corrected chi connectivity index (χ2v) is 3.61. The van der Waals surface area contributed by atoms with Crippen molar-refractivity contribution in [2.45, 2.75) is 13.3 Å². The summed E-state index contributed by atoms with van der Waals surface area (Å²) < 4.78 is 14.4. The Kier molecular flexibility index (Phi) is 3.09. The summed E-state index contributed by atoms with van der Waals surface area (Å²) in [5.41, 5.74) is 1.05. The van der Waals surface area contributed by atoms with Crippen molar-refractivity contribution in [2.24, 2.45) is 0 Å². The van der Waals surface area contributed by atoms with Crippen molar-refractivity contribution in [1.82, 2.24) is 0 Å². The van der Waals surface area contributed by atoms with Gasteiger partial charge in [0.1, 0.15) is 13.6 Å². The van der Waals surface area contributed by atoms with Crippen LogP contribution in [-0.4, -0.2) is 0 Å². The zero-order valence-electron chi connectivity index (χ0n) is 7.10. The first kappa shape index (κ1) is 10.3. The normalized spacial score (nSPS) is 11.3. The maximum absolute atomic E-state index is 10.2. The number of aryl methyl sites for hydroxylation is 1. The summed E-state index contributed by atoms with van der Waals surface area (Å²) in [6.45, 7) is 1.97. The number of phosphoric acid groups is 1. The largest absolute Gasteiger partial charge is 0.780 e. The fourth-order valence-corrected chi connectivity index (χ4v) is 1.30. The predicted octanol–water partition coefficient (Wildman–Crippen LogP) is 0.456. The van der Waals surface area contributed by atoms with Crippen molar-refractivity contribution in [3.05, 3.63) is 29.8 Å². The Balaban J connectivity index is 2.76. The van der Waals surface area contributed by atoms with Crippen LogP contribution in [0.5, 0.6) is 5.75 Å². The van der Waals surface area contributed by atoms with E-state index in [9.17, 15) is 14.4 Å². The molecule has 1 aromatic rings. The molecule has 1 aromatic carbocycles. The Hall–Kier alpha value is -0.830. The van der Waals surface area contributed by atoms with E-state index in [1.54, 1.807) is 12.1 Å². The summed E-state index contributed by atoms with van der Waals surface area (Å²) in [4.78, 5) is 20.4. The van der Waals surface area contributed by atoms with Crippen LogP contribution in [0, 0.1) is 0 Å². The number of phosphoric ester groups is 1. The average molecular weight is 200 g/mol. The lowest BCUT2D eigenvalue weighted by Crippen LogP contribution is -2.18. The third-order valence-corrected chi connectivity index (χ3v) is 1.98. The van der Waals surface area contributed by atoms with E-state index >= 15 is 0 Å². The highest BCUT2D eigenvalue weighted by atomic mass is 31.2. The van der Waals surface area contributed by atoms with E-state index in [0.29, 0.717) is 0 Å². The zero-order valence-corrected chi connectivity index (χ0v) is 7.99. The molecule has 0 aromatic heterocycles. The quantitative estimate of drug-likeness (QED) is 0.664. The average Bonchev–Trinajstić information content (AvgIpc) is 2.03. The highest BCUT2D eigenvalue weighted by Crippen LogP contribution is 2.28. The van der Waals surface area contributed by atoms with Crippen molar-refractivity contribution in [1.29, 1.82) is 0 Å². The fourth-order valence-electron chi connectivity index (χ4n) is 0.915. The standard InChI is InChI=1S/C8H11O4P/c1-2-7-3-5-8(6-4-7)12-13(9,10)11/h3-6H,2H2,1H3,(H2,9,10,11)/p-2. The second-order valence-electron chi connectivity index (χ2n) is 2.54. The highest BCUT2D eigenvalue weighted by Gasteiger charge is 1.95. The van der Waals surface area contributed by atoms with Gasteiger partial charge in [-0.2, -0.15) is 0 Å². The monoisotopic (exact) mass is 200 g/mol. The number of hydrogen-bond donors (Lipinski definition) is 0. The summed E-state index contributed by atoms with van der Waals surface area (Å²) in [7, 11) is -4.91. The van der Waals surface area contributed by atoms with Gasteiger partial charge in [0, 0.05) is 0 Å². The molecule has 0 N–H and O–H groups in total. The SMILES string of the molecule is CCc1ccc(OP(=O)([O-])[O-])cc1. The molecule has 0 saturated heterocycles. The van der Waals surface area contributed by atoms with Gasteiger partial charge >= 0.3 is 0 Å². The minimum Gasteiger partial charge on any atom is -0.780 e. The Morgan fingerprint density at radius 3 is 2.23 bits per heavy atom. The molecule has 72 valence electrons. The van der Waals surface area contributed by atoms with Gasteiger partial charge < -0.3 is 18.9 Å². The first-order valence-corrected chi connectivity index (χ1v) is 5.28. The number of hydrogen-bond acceptors (Lipinski definition) is 4. The van der Waals surface area contributed by atoms with Gasteiger partial charge in [-0.3, -0.25) is 0 Å². The molecule has 1 rings (SSSR count). The van der Waals surface area contributed by atoms with Gasteiger partial charge in [0.25, 0.3) is 0 Å². The Bertz CT molecular complexity index is 313. The lowest BCUT2D eigenvalue weighted by atomic mass is 10.2. The second kappa shape index (κ2) is 3.92. The van der Waals surface area contributed by atoms with Gasteiger partial charge in [0.2, 0.25) is 0 Å². The molecule has 0 unspecified atom stereocenters. The molecule has 0 fully saturated rings. The summed E-state index contributed by atoms with van der Waals surface area (Å²) in [5, 5.41) is 0. The van der Waals surface area contributed by atoms with Crippen molar-refractivity contribution >= 4 is 7.82 Å². The number of rotatable bonds is 3. The number of benzene rings is 1. The van der Waals surface area contributed by atoms with Gasteiger partial charge in [0.05, 0.1) is 0 Å². The zero-order chi connectivity index (χ0) is 9.90. The van der Waals surface area contributed by atoms with Crippen LogP contribution in [0.2, 0.25) is 0 Å². The van der Waals surface area contributed by atoms with Crippen LogP contribution >= 0.6 is 7.82 Å². The minimum absolute atomic E-state index is 0.0607. The summed E-state index contributed by atoms with van der Waals surface area (Å²) >= 11 is 0. The molecule has 4 nitrogen and oxygen atoms in total. The van der Waals surface area contributed by atoms with E-state index in [2.05, 4.69) is 4.52 Å². The minimum atomic E-state index is -4.91. The van der Waals surface area contributed by atoms with Crippen LogP contribution in [0.4, 0.5) is 0 Å². The predicted molar refractivity (Wildman–Crippen MR) is 44.1 cm³/mol. The van der Waals surface area contributed by atoms with E-state index in [-0.39, 0.29) is 5.75 Å². The molecular weight excluding hydrogens is 191 g/mol. The first-order valence-electron chi connectivity index (χ1n) is 3.82. The van der Waals surface area contributed by atoms with Crippen LogP contribution in [0.1, 0.15) is 12.5 Å². The molecule has 13 heavy (non-hydrogen) atoms. The van der Waals surface area contributed by atoms with Gasteiger partial charge in [-0.05, 0) is 24.1 Å². The van der Waals surface area contributed by atoms with Gasteiger partial charge in [0.15, 0.2) is 0 Å². The van der Waals surface area contributed by atoms with E-state index < -0.39 is 7.82 Å². The summed E-state index contributed by atoms with van der Waals surface area (Å²) in [5.74, 6) is 0.0607. The topological polar surface area (TPSA) is 72.4 Å². The van der Waals surface area contributed by atoms with E-state index in [1.807, 2.05) is 6.92 Å². The molecule has 0 heterocycles. The molecule has 0 aliphatic heterocycles. The highest BCUT2D eigenvalue weighted by molar-refractivity contribution is 7.43. The molecular formula is C8H9O4P-2. The maximum atomic E-state index is 10.2. The molecule has 5 heteroatoms. The summed E-state index contributed by atoms with van der Waals surface area (Å²) in [6, 6.07) is 6.35. The molecule has 0 aliphatic carbocycles. The Morgan fingerprint density at radius 1 is 1.31 bits per heavy atom. The third-order valence-electron chi connectivity index (χ3n) is 1.55. The van der Waals surface area contributed by atoms with Crippen LogP contribution in [0.15, 0.2) is 24.3 Å². The Morgan fingerprint density at radius 2 is 1.85 bits per heavy atom. The summed E-state index contributed by atoms with van der Waals surface area (Å²) in [6.07, 6.45) is 0.854. The van der Waals surface area contributed by atoms with Gasteiger partial charge in [-0.1, -0.05) is 19.1 Å². The molecule has 0 radical (unpaired) electrons.